The minimum absolute atomic E-state index is 0.0908. The van der Waals surface area contributed by atoms with Gasteiger partial charge in [-0.15, -0.1) is 0 Å². The first kappa shape index (κ1) is 16.7. The maximum Gasteiger partial charge on any atom is 0.412 e. The molecule has 1 amide bonds. The van der Waals surface area contributed by atoms with Gasteiger partial charge in [-0.1, -0.05) is 41.1 Å². The summed E-state index contributed by atoms with van der Waals surface area (Å²) < 4.78 is 6.26. The number of fused-ring (bicyclic) bond motifs is 3. The molecule has 2 aromatic carbocycles. The summed E-state index contributed by atoms with van der Waals surface area (Å²) in [6, 6.07) is 11.0. The van der Waals surface area contributed by atoms with Gasteiger partial charge in [0.05, 0.1) is 11.3 Å². The molecule has 0 unspecified atom stereocenters. The van der Waals surface area contributed by atoms with Crippen molar-refractivity contribution in [3.8, 4) is 11.1 Å². The highest BCUT2D eigenvalue weighted by atomic mass is 79.9. The van der Waals surface area contributed by atoms with Crippen LogP contribution in [0.2, 0.25) is 0 Å². The van der Waals surface area contributed by atoms with E-state index in [0.29, 0.717) is 23.2 Å². The van der Waals surface area contributed by atoms with Crippen molar-refractivity contribution in [1.29, 1.82) is 0 Å². The van der Waals surface area contributed by atoms with Gasteiger partial charge in [-0.05, 0) is 49.6 Å². The first-order chi connectivity index (χ1) is 11.3. The first-order valence-corrected chi connectivity index (χ1v) is 8.59. The lowest BCUT2D eigenvalue weighted by molar-refractivity contribution is 0.0462. The van der Waals surface area contributed by atoms with Gasteiger partial charge in [0, 0.05) is 10.0 Å². The quantitative estimate of drug-likeness (QED) is 0.654. The number of ketones is 1. The number of hydrogen-bond donors (Lipinski definition) is 1. The monoisotopic (exact) mass is 387 g/mol. The fourth-order valence-electron chi connectivity index (χ4n) is 2.66. The summed E-state index contributed by atoms with van der Waals surface area (Å²) in [5, 5.41) is 2.72. The Bertz CT molecular complexity index is 843. The molecule has 0 spiro atoms. The second-order valence-corrected chi connectivity index (χ2v) is 7.29. The molecule has 0 saturated carbocycles. The molecule has 0 aromatic heterocycles. The Morgan fingerprint density at radius 1 is 1.17 bits per heavy atom. The van der Waals surface area contributed by atoms with Crippen LogP contribution in [0.25, 0.3) is 11.1 Å². The minimum Gasteiger partial charge on any atom is -0.443 e. The van der Waals surface area contributed by atoms with E-state index in [2.05, 4.69) is 21.2 Å². The van der Waals surface area contributed by atoms with Crippen LogP contribution in [0.4, 0.5) is 10.5 Å². The highest BCUT2D eigenvalue weighted by Crippen LogP contribution is 2.41. The van der Waals surface area contributed by atoms with Crippen molar-refractivity contribution < 1.29 is 14.3 Å². The van der Waals surface area contributed by atoms with Gasteiger partial charge in [0.1, 0.15) is 5.60 Å². The standard InChI is InChI=1S/C19H18BrNO3/c1-4-19(2,3)24-18(23)21-15-7-5-6-13-12-9-8-11(20)10-14(12)17(22)16(13)15/h5-10H,4H2,1-3H3,(H,21,23). The number of carbonyl (C=O) groups excluding carboxylic acids is 2. The molecule has 124 valence electrons. The Kier molecular flexibility index (Phi) is 4.22. The van der Waals surface area contributed by atoms with Crippen LogP contribution in [0.5, 0.6) is 0 Å². The molecule has 0 aliphatic heterocycles. The van der Waals surface area contributed by atoms with Crippen molar-refractivity contribution in [3.63, 3.8) is 0 Å². The highest BCUT2D eigenvalue weighted by Gasteiger charge is 2.30. The SMILES string of the molecule is CCC(C)(C)OC(=O)Nc1cccc2c1C(=O)c1cc(Br)ccc1-2. The summed E-state index contributed by atoms with van der Waals surface area (Å²) >= 11 is 3.39. The second kappa shape index (κ2) is 6.06. The fraction of sp³-hybridized carbons (Fsp3) is 0.263. The normalized spacial score (nSPS) is 12.6. The molecule has 5 heteroatoms. The van der Waals surface area contributed by atoms with Crippen molar-refractivity contribution in [1.82, 2.24) is 0 Å². The summed E-state index contributed by atoms with van der Waals surface area (Å²) in [6.45, 7) is 5.65. The van der Waals surface area contributed by atoms with E-state index in [-0.39, 0.29) is 5.78 Å². The van der Waals surface area contributed by atoms with Crippen LogP contribution in [0.1, 0.15) is 43.1 Å². The molecule has 4 nitrogen and oxygen atoms in total. The van der Waals surface area contributed by atoms with Crippen LogP contribution in [0, 0.1) is 0 Å². The number of amides is 1. The molecule has 0 saturated heterocycles. The van der Waals surface area contributed by atoms with E-state index in [9.17, 15) is 9.59 Å². The zero-order valence-electron chi connectivity index (χ0n) is 13.8. The molecule has 0 bridgehead atoms. The number of nitrogens with one attached hydrogen (secondary N) is 1. The summed E-state index contributed by atoms with van der Waals surface area (Å²) in [7, 11) is 0. The molecule has 3 rings (SSSR count). The average Bonchev–Trinajstić information content (AvgIpc) is 2.80. The Morgan fingerprint density at radius 3 is 2.62 bits per heavy atom. The predicted octanol–water partition coefficient (Wildman–Crippen LogP) is 5.40. The molecule has 1 aliphatic rings. The third-order valence-electron chi connectivity index (χ3n) is 4.27. The number of rotatable bonds is 3. The summed E-state index contributed by atoms with van der Waals surface area (Å²) in [5.74, 6) is -0.0908. The molecule has 0 radical (unpaired) electrons. The molecule has 24 heavy (non-hydrogen) atoms. The van der Waals surface area contributed by atoms with Gasteiger partial charge in [-0.2, -0.15) is 0 Å². The molecule has 0 atom stereocenters. The predicted molar refractivity (Wildman–Crippen MR) is 97.5 cm³/mol. The van der Waals surface area contributed by atoms with Crippen molar-refractivity contribution in [3.05, 3.63) is 52.0 Å². The van der Waals surface area contributed by atoms with Gasteiger partial charge >= 0.3 is 6.09 Å². The fourth-order valence-corrected chi connectivity index (χ4v) is 3.02. The number of anilines is 1. The maximum absolute atomic E-state index is 12.8. The zero-order chi connectivity index (χ0) is 17.5. The van der Waals surface area contributed by atoms with Crippen molar-refractivity contribution in [2.24, 2.45) is 0 Å². The van der Waals surface area contributed by atoms with Crippen LogP contribution >= 0.6 is 15.9 Å². The lowest BCUT2D eigenvalue weighted by Gasteiger charge is -2.23. The Balaban J connectivity index is 1.95. The van der Waals surface area contributed by atoms with Gasteiger partial charge in [0.2, 0.25) is 0 Å². The Morgan fingerprint density at radius 2 is 1.92 bits per heavy atom. The van der Waals surface area contributed by atoms with E-state index in [1.165, 1.54) is 0 Å². The van der Waals surface area contributed by atoms with E-state index in [1.807, 2.05) is 45.0 Å². The molecule has 0 heterocycles. The molecular formula is C19H18BrNO3. The Labute approximate surface area is 149 Å². The third-order valence-corrected chi connectivity index (χ3v) is 4.76. The molecule has 1 aliphatic carbocycles. The number of ether oxygens (including phenoxy) is 1. The van der Waals surface area contributed by atoms with Crippen LogP contribution in [0.3, 0.4) is 0 Å². The number of hydrogen-bond acceptors (Lipinski definition) is 3. The van der Waals surface area contributed by atoms with E-state index in [4.69, 9.17) is 4.74 Å². The van der Waals surface area contributed by atoms with Gasteiger partial charge in [-0.3, -0.25) is 10.1 Å². The summed E-state index contributed by atoms with van der Waals surface area (Å²) in [4.78, 5) is 24.9. The second-order valence-electron chi connectivity index (χ2n) is 6.37. The minimum atomic E-state index is -0.556. The molecular weight excluding hydrogens is 370 g/mol. The highest BCUT2D eigenvalue weighted by molar-refractivity contribution is 9.10. The zero-order valence-corrected chi connectivity index (χ0v) is 15.4. The summed E-state index contributed by atoms with van der Waals surface area (Å²) in [6.07, 6.45) is 0.145. The lowest BCUT2D eigenvalue weighted by atomic mass is 10.0. The average molecular weight is 388 g/mol. The van der Waals surface area contributed by atoms with Crippen molar-refractivity contribution >= 4 is 33.5 Å². The topological polar surface area (TPSA) is 55.4 Å². The van der Waals surface area contributed by atoms with Crippen LogP contribution < -0.4 is 5.32 Å². The van der Waals surface area contributed by atoms with E-state index < -0.39 is 11.7 Å². The van der Waals surface area contributed by atoms with Crippen LogP contribution in [-0.4, -0.2) is 17.5 Å². The number of carbonyl (C=O) groups is 2. The lowest BCUT2D eigenvalue weighted by Crippen LogP contribution is -2.30. The van der Waals surface area contributed by atoms with Gasteiger partial charge in [0.15, 0.2) is 5.78 Å². The number of benzene rings is 2. The number of halogens is 1. The maximum atomic E-state index is 12.8. The van der Waals surface area contributed by atoms with Gasteiger partial charge in [0.25, 0.3) is 0 Å². The van der Waals surface area contributed by atoms with E-state index in [1.54, 1.807) is 12.1 Å². The first-order valence-electron chi connectivity index (χ1n) is 7.80. The van der Waals surface area contributed by atoms with Crippen molar-refractivity contribution in [2.45, 2.75) is 32.8 Å². The molecule has 2 aromatic rings. The van der Waals surface area contributed by atoms with Crippen LogP contribution in [0.15, 0.2) is 40.9 Å². The third kappa shape index (κ3) is 2.96. The van der Waals surface area contributed by atoms with Gasteiger partial charge in [-0.25, -0.2) is 4.79 Å². The largest absolute Gasteiger partial charge is 0.443 e. The van der Waals surface area contributed by atoms with Crippen molar-refractivity contribution in [2.75, 3.05) is 5.32 Å². The summed E-state index contributed by atoms with van der Waals surface area (Å²) in [5.41, 5.74) is 2.77. The smallest absolute Gasteiger partial charge is 0.412 e. The molecule has 1 N–H and O–H groups in total. The van der Waals surface area contributed by atoms with Gasteiger partial charge < -0.3 is 4.74 Å². The van der Waals surface area contributed by atoms with Crippen LogP contribution in [-0.2, 0) is 4.74 Å². The van der Waals surface area contributed by atoms with E-state index >= 15 is 0 Å². The van der Waals surface area contributed by atoms with E-state index in [0.717, 1.165) is 15.6 Å². The molecule has 0 fully saturated rings. The Hall–Kier alpha value is -2.14.